The third-order valence-electron chi connectivity index (χ3n) is 1.68. The van der Waals surface area contributed by atoms with E-state index in [4.69, 9.17) is 4.74 Å². The lowest BCUT2D eigenvalue weighted by molar-refractivity contribution is -0.147. The van der Waals surface area contributed by atoms with Crippen LogP contribution in [0.3, 0.4) is 0 Å². The second-order valence-corrected chi connectivity index (χ2v) is 3.80. The number of hydrogen-bond donors (Lipinski definition) is 0. The second-order valence-electron chi connectivity index (χ2n) is 2.89. The minimum Gasteiger partial charge on any atom is -0.479 e. The van der Waals surface area contributed by atoms with E-state index in [1.165, 1.54) is 26.2 Å². The molecule has 0 radical (unpaired) electrons. The third kappa shape index (κ3) is 3.51. The molecule has 1 aromatic rings. The van der Waals surface area contributed by atoms with Crippen molar-refractivity contribution in [3.8, 4) is 5.75 Å². The largest absolute Gasteiger partial charge is 0.479 e. The van der Waals surface area contributed by atoms with Crippen LogP contribution in [0.15, 0.2) is 22.7 Å². The monoisotopic (exact) mass is 276 g/mol. The summed E-state index contributed by atoms with van der Waals surface area (Å²) < 4.78 is 23.1. The molecule has 0 aliphatic carbocycles. The summed E-state index contributed by atoms with van der Waals surface area (Å²) in [6.07, 6.45) is -0.760. The first kappa shape index (κ1) is 12.0. The standard InChI is InChI=1S/C10H10BrFO3/c1-6(10(13)14-2)15-9-4-7(11)3-8(12)5-9/h3-6H,1-2H3/t6-/m0/s1. The van der Waals surface area contributed by atoms with Gasteiger partial charge >= 0.3 is 5.97 Å². The molecular weight excluding hydrogens is 267 g/mol. The smallest absolute Gasteiger partial charge is 0.346 e. The van der Waals surface area contributed by atoms with E-state index in [-0.39, 0.29) is 5.75 Å². The summed E-state index contributed by atoms with van der Waals surface area (Å²) in [7, 11) is 1.27. The fraction of sp³-hybridized carbons (Fsp3) is 0.300. The van der Waals surface area contributed by atoms with Gasteiger partial charge in [-0.25, -0.2) is 9.18 Å². The van der Waals surface area contributed by atoms with Gasteiger partial charge in [0.25, 0.3) is 0 Å². The van der Waals surface area contributed by atoms with Crippen LogP contribution in [0.1, 0.15) is 6.92 Å². The van der Waals surface area contributed by atoms with Crippen LogP contribution < -0.4 is 4.74 Å². The van der Waals surface area contributed by atoms with Gasteiger partial charge in [-0.3, -0.25) is 0 Å². The van der Waals surface area contributed by atoms with E-state index in [0.717, 1.165) is 0 Å². The van der Waals surface area contributed by atoms with Crippen molar-refractivity contribution in [1.82, 2.24) is 0 Å². The molecule has 0 fully saturated rings. The number of halogens is 2. The average molecular weight is 277 g/mol. The summed E-state index contributed by atoms with van der Waals surface area (Å²) in [5.41, 5.74) is 0. The van der Waals surface area contributed by atoms with Crippen LogP contribution in [0.25, 0.3) is 0 Å². The van der Waals surface area contributed by atoms with Crippen molar-refractivity contribution in [3.05, 3.63) is 28.5 Å². The first-order valence-electron chi connectivity index (χ1n) is 4.23. The van der Waals surface area contributed by atoms with Crippen LogP contribution in [0.4, 0.5) is 4.39 Å². The van der Waals surface area contributed by atoms with Crippen LogP contribution >= 0.6 is 15.9 Å². The maximum absolute atomic E-state index is 12.9. The average Bonchev–Trinajstić information content (AvgIpc) is 2.14. The maximum Gasteiger partial charge on any atom is 0.346 e. The van der Waals surface area contributed by atoms with Crippen LogP contribution in [-0.4, -0.2) is 19.2 Å². The predicted molar refractivity (Wildman–Crippen MR) is 56.2 cm³/mol. The van der Waals surface area contributed by atoms with Gasteiger partial charge in [0.05, 0.1) is 7.11 Å². The van der Waals surface area contributed by atoms with E-state index in [9.17, 15) is 9.18 Å². The molecule has 0 N–H and O–H groups in total. The van der Waals surface area contributed by atoms with Gasteiger partial charge in [0, 0.05) is 10.5 Å². The number of methoxy groups -OCH3 is 1. The Kier molecular flexibility index (Phi) is 4.08. The van der Waals surface area contributed by atoms with Crippen LogP contribution in [0.5, 0.6) is 5.75 Å². The van der Waals surface area contributed by atoms with Crippen LogP contribution in [0, 0.1) is 5.82 Å². The van der Waals surface area contributed by atoms with Crippen molar-refractivity contribution in [2.45, 2.75) is 13.0 Å². The second kappa shape index (κ2) is 5.11. The predicted octanol–water partition coefficient (Wildman–Crippen LogP) is 2.53. The molecule has 0 aliphatic heterocycles. The summed E-state index contributed by atoms with van der Waals surface area (Å²) >= 11 is 3.12. The highest BCUT2D eigenvalue weighted by Gasteiger charge is 2.15. The SMILES string of the molecule is COC(=O)[C@H](C)Oc1cc(F)cc(Br)c1. The molecular formula is C10H10BrFO3. The van der Waals surface area contributed by atoms with E-state index in [0.29, 0.717) is 4.47 Å². The molecule has 0 bridgehead atoms. The van der Waals surface area contributed by atoms with Crippen molar-refractivity contribution in [2.24, 2.45) is 0 Å². The van der Waals surface area contributed by atoms with Crippen molar-refractivity contribution in [3.63, 3.8) is 0 Å². The number of esters is 1. The Morgan fingerprint density at radius 1 is 1.47 bits per heavy atom. The summed E-state index contributed by atoms with van der Waals surface area (Å²) in [6, 6.07) is 4.07. The van der Waals surface area contributed by atoms with Gasteiger partial charge in [-0.1, -0.05) is 15.9 Å². The molecule has 0 spiro atoms. The summed E-state index contributed by atoms with van der Waals surface area (Å²) in [6.45, 7) is 1.53. The fourth-order valence-electron chi connectivity index (χ4n) is 1.01. The minimum atomic E-state index is -0.760. The Labute approximate surface area is 95.3 Å². The molecule has 82 valence electrons. The fourth-order valence-corrected chi connectivity index (χ4v) is 1.46. The molecule has 1 atom stereocenters. The Balaban J connectivity index is 2.76. The highest BCUT2D eigenvalue weighted by atomic mass is 79.9. The van der Waals surface area contributed by atoms with Gasteiger partial charge in [0.2, 0.25) is 0 Å². The molecule has 0 unspecified atom stereocenters. The summed E-state index contributed by atoms with van der Waals surface area (Å²) in [5.74, 6) is -0.661. The van der Waals surface area contributed by atoms with Crippen LogP contribution in [-0.2, 0) is 9.53 Å². The normalized spacial score (nSPS) is 12.0. The first-order chi connectivity index (χ1) is 7.02. The van der Waals surface area contributed by atoms with E-state index in [1.54, 1.807) is 6.07 Å². The third-order valence-corrected chi connectivity index (χ3v) is 2.14. The van der Waals surface area contributed by atoms with Crippen molar-refractivity contribution in [1.29, 1.82) is 0 Å². The highest BCUT2D eigenvalue weighted by molar-refractivity contribution is 9.10. The molecule has 3 nitrogen and oxygen atoms in total. The van der Waals surface area contributed by atoms with Crippen molar-refractivity contribution < 1.29 is 18.7 Å². The number of carbonyl (C=O) groups is 1. The van der Waals surface area contributed by atoms with Crippen molar-refractivity contribution >= 4 is 21.9 Å². The lowest BCUT2D eigenvalue weighted by atomic mass is 10.3. The molecule has 1 rings (SSSR count). The molecule has 0 saturated carbocycles. The van der Waals surface area contributed by atoms with Crippen LogP contribution in [0.2, 0.25) is 0 Å². The van der Waals surface area contributed by atoms with E-state index >= 15 is 0 Å². The Morgan fingerprint density at radius 2 is 2.13 bits per heavy atom. The van der Waals surface area contributed by atoms with Gasteiger partial charge in [0.15, 0.2) is 6.10 Å². The molecule has 0 amide bonds. The molecule has 5 heteroatoms. The Bertz CT molecular complexity index is 347. The molecule has 0 saturated heterocycles. The van der Waals surface area contributed by atoms with Gasteiger partial charge in [-0.05, 0) is 19.1 Å². The number of hydrogen-bond acceptors (Lipinski definition) is 3. The van der Waals surface area contributed by atoms with E-state index in [2.05, 4.69) is 20.7 Å². The zero-order valence-electron chi connectivity index (χ0n) is 8.29. The number of rotatable bonds is 3. The van der Waals surface area contributed by atoms with Gasteiger partial charge in [-0.2, -0.15) is 0 Å². The molecule has 0 heterocycles. The molecule has 1 aromatic carbocycles. The molecule has 15 heavy (non-hydrogen) atoms. The lowest BCUT2D eigenvalue weighted by Crippen LogP contribution is -2.24. The van der Waals surface area contributed by atoms with Gasteiger partial charge in [0.1, 0.15) is 11.6 Å². The Morgan fingerprint density at radius 3 is 2.67 bits per heavy atom. The number of benzene rings is 1. The van der Waals surface area contributed by atoms with Crippen molar-refractivity contribution in [2.75, 3.05) is 7.11 Å². The topological polar surface area (TPSA) is 35.5 Å². The number of carbonyl (C=O) groups excluding carboxylic acids is 1. The lowest BCUT2D eigenvalue weighted by Gasteiger charge is -2.12. The molecule has 0 aliphatic rings. The quantitative estimate of drug-likeness (QED) is 0.796. The minimum absolute atomic E-state index is 0.278. The van der Waals surface area contributed by atoms with Gasteiger partial charge in [-0.15, -0.1) is 0 Å². The number of ether oxygens (including phenoxy) is 2. The summed E-state index contributed by atoms with van der Waals surface area (Å²) in [5, 5.41) is 0. The molecule has 0 aromatic heterocycles. The summed E-state index contributed by atoms with van der Waals surface area (Å²) in [4.78, 5) is 11.0. The van der Waals surface area contributed by atoms with E-state index in [1.807, 2.05) is 0 Å². The van der Waals surface area contributed by atoms with Gasteiger partial charge < -0.3 is 9.47 Å². The zero-order valence-corrected chi connectivity index (χ0v) is 9.88. The van der Waals surface area contributed by atoms with E-state index < -0.39 is 17.9 Å². The Hall–Kier alpha value is -1.10. The first-order valence-corrected chi connectivity index (χ1v) is 5.03. The highest BCUT2D eigenvalue weighted by Crippen LogP contribution is 2.21. The zero-order chi connectivity index (χ0) is 11.4. The maximum atomic E-state index is 12.9.